The molecule has 6 heteroatoms. The Balaban J connectivity index is 1.62. The second kappa shape index (κ2) is 8.16. The fourth-order valence-corrected chi connectivity index (χ4v) is 3.77. The molecule has 1 aromatic carbocycles. The third-order valence-corrected chi connectivity index (χ3v) is 5.53. The minimum atomic E-state index is 0.0133. The van der Waals surface area contributed by atoms with E-state index in [1.165, 1.54) is 0 Å². The Bertz CT molecular complexity index is 778. The summed E-state index contributed by atoms with van der Waals surface area (Å²) in [7, 11) is 0. The molecule has 1 saturated heterocycles. The van der Waals surface area contributed by atoms with Gasteiger partial charge in [-0.25, -0.2) is 0 Å². The predicted molar refractivity (Wildman–Crippen MR) is 103 cm³/mol. The van der Waals surface area contributed by atoms with Crippen LogP contribution >= 0.6 is 15.9 Å². The average Bonchev–Trinajstić information content (AvgIpc) is 2.89. The van der Waals surface area contributed by atoms with Gasteiger partial charge in [-0.15, -0.1) is 0 Å². The van der Waals surface area contributed by atoms with Crippen molar-refractivity contribution < 1.29 is 18.7 Å². The van der Waals surface area contributed by atoms with E-state index >= 15 is 0 Å². The minimum Gasteiger partial charge on any atom is -0.490 e. The van der Waals surface area contributed by atoms with Crippen LogP contribution in [0.1, 0.15) is 41.6 Å². The maximum atomic E-state index is 12.8. The summed E-state index contributed by atoms with van der Waals surface area (Å²) in [5, 5.41) is 0. The zero-order valence-electron chi connectivity index (χ0n) is 15.4. The highest BCUT2D eigenvalue weighted by Gasteiger charge is 2.29. The summed E-state index contributed by atoms with van der Waals surface area (Å²) in [6, 6.07) is 7.72. The number of carbonyl (C=O) groups excluding carboxylic acids is 1. The van der Waals surface area contributed by atoms with Crippen molar-refractivity contribution in [2.75, 3.05) is 19.7 Å². The number of aryl methyl sites for hydroxylation is 2. The Kier molecular flexibility index (Phi) is 5.91. The van der Waals surface area contributed by atoms with E-state index in [0.29, 0.717) is 31.0 Å². The highest BCUT2D eigenvalue weighted by molar-refractivity contribution is 9.10. The number of para-hydroxylation sites is 2. The second-order valence-electron chi connectivity index (χ2n) is 6.39. The number of amides is 1. The van der Waals surface area contributed by atoms with Crippen molar-refractivity contribution in [3.8, 4) is 11.5 Å². The number of hydrogen-bond acceptors (Lipinski definition) is 4. The highest BCUT2D eigenvalue weighted by Crippen LogP contribution is 2.31. The van der Waals surface area contributed by atoms with Crippen LogP contribution in [0.4, 0.5) is 0 Å². The lowest BCUT2D eigenvalue weighted by molar-refractivity contribution is 0.0587. The van der Waals surface area contributed by atoms with Gasteiger partial charge in [0.2, 0.25) is 0 Å². The van der Waals surface area contributed by atoms with Crippen molar-refractivity contribution in [1.29, 1.82) is 0 Å². The van der Waals surface area contributed by atoms with Gasteiger partial charge in [-0.3, -0.25) is 4.79 Å². The molecule has 1 amide bonds. The monoisotopic (exact) mass is 421 g/mol. The zero-order chi connectivity index (χ0) is 18.7. The van der Waals surface area contributed by atoms with E-state index in [-0.39, 0.29) is 12.0 Å². The largest absolute Gasteiger partial charge is 0.490 e. The van der Waals surface area contributed by atoms with Crippen LogP contribution < -0.4 is 9.47 Å². The number of nitrogens with zero attached hydrogens (tertiary/aromatic N) is 1. The van der Waals surface area contributed by atoms with Crippen LogP contribution in [0.2, 0.25) is 0 Å². The Morgan fingerprint density at radius 1 is 1.19 bits per heavy atom. The summed E-state index contributed by atoms with van der Waals surface area (Å²) in [4.78, 5) is 14.7. The molecule has 0 saturated carbocycles. The van der Waals surface area contributed by atoms with Gasteiger partial charge in [-0.05, 0) is 48.8 Å². The van der Waals surface area contributed by atoms with Crippen molar-refractivity contribution in [2.24, 2.45) is 0 Å². The van der Waals surface area contributed by atoms with Gasteiger partial charge in [0.1, 0.15) is 17.6 Å². The molecule has 1 aliphatic rings. The number of rotatable bonds is 5. The first-order valence-electron chi connectivity index (χ1n) is 8.94. The van der Waals surface area contributed by atoms with Crippen molar-refractivity contribution >= 4 is 21.8 Å². The van der Waals surface area contributed by atoms with E-state index in [2.05, 4.69) is 15.9 Å². The summed E-state index contributed by atoms with van der Waals surface area (Å²) in [5.74, 6) is 2.93. The first kappa shape index (κ1) is 18.8. The first-order chi connectivity index (χ1) is 12.5. The van der Waals surface area contributed by atoms with Gasteiger partial charge in [0.15, 0.2) is 11.5 Å². The third kappa shape index (κ3) is 3.90. The highest BCUT2D eigenvalue weighted by atomic mass is 79.9. The molecule has 0 unspecified atom stereocenters. The molecular formula is C20H24BrNO4. The SMILES string of the molecule is CCOc1ccccc1OC1CCN(C(=O)c2c(C)oc(C)c2Br)CC1. The topological polar surface area (TPSA) is 51.9 Å². The molecule has 5 nitrogen and oxygen atoms in total. The van der Waals surface area contributed by atoms with Gasteiger partial charge in [-0.1, -0.05) is 12.1 Å². The standard InChI is InChI=1S/C20H24BrNO4/c1-4-24-16-7-5-6-8-17(16)26-15-9-11-22(12-10-15)20(23)18-13(2)25-14(3)19(18)21/h5-8,15H,4,9-12H2,1-3H3. The van der Waals surface area contributed by atoms with Crippen molar-refractivity contribution in [3.05, 3.63) is 45.8 Å². The Morgan fingerprint density at radius 2 is 1.85 bits per heavy atom. The molecule has 2 aromatic rings. The summed E-state index contributed by atoms with van der Waals surface area (Å²) < 4.78 is 18.1. The van der Waals surface area contributed by atoms with Crippen molar-refractivity contribution in [2.45, 2.75) is 39.7 Å². The van der Waals surface area contributed by atoms with Gasteiger partial charge >= 0.3 is 0 Å². The van der Waals surface area contributed by atoms with E-state index < -0.39 is 0 Å². The molecule has 0 radical (unpaired) electrons. The number of furan rings is 1. The number of ether oxygens (including phenoxy) is 2. The molecule has 140 valence electrons. The van der Waals surface area contributed by atoms with Gasteiger partial charge < -0.3 is 18.8 Å². The molecule has 2 heterocycles. The normalized spacial score (nSPS) is 15.2. The maximum Gasteiger partial charge on any atom is 0.258 e. The van der Waals surface area contributed by atoms with Crippen LogP contribution in [-0.2, 0) is 0 Å². The lowest BCUT2D eigenvalue weighted by Crippen LogP contribution is -2.42. The van der Waals surface area contributed by atoms with Crippen LogP contribution in [0.15, 0.2) is 33.2 Å². The number of halogens is 1. The molecule has 0 bridgehead atoms. The van der Waals surface area contributed by atoms with Crippen LogP contribution in [0.5, 0.6) is 11.5 Å². The Labute approximate surface area is 162 Å². The van der Waals surface area contributed by atoms with Crippen LogP contribution in [0, 0.1) is 13.8 Å². The summed E-state index contributed by atoms with van der Waals surface area (Å²) in [5.41, 5.74) is 0.628. The van der Waals surface area contributed by atoms with E-state index in [9.17, 15) is 4.79 Å². The molecule has 1 aliphatic heterocycles. The van der Waals surface area contributed by atoms with Gasteiger partial charge in [0, 0.05) is 25.9 Å². The van der Waals surface area contributed by atoms with Crippen LogP contribution in [0.25, 0.3) is 0 Å². The average molecular weight is 422 g/mol. The number of piperidine rings is 1. The molecule has 0 spiro atoms. The van der Waals surface area contributed by atoms with E-state index in [1.807, 2.05) is 49.9 Å². The summed E-state index contributed by atoms with van der Waals surface area (Å²) >= 11 is 3.47. The van der Waals surface area contributed by atoms with Gasteiger partial charge in [0.25, 0.3) is 5.91 Å². The van der Waals surface area contributed by atoms with E-state index in [1.54, 1.807) is 0 Å². The number of carbonyl (C=O) groups is 1. The number of likely N-dealkylation sites (tertiary alicyclic amines) is 1. The molecule has 3 rings (SSSR count). The molecule has 1 fully saturated rings. The second-order valence-corrected chi connectivity index (χ2v) is 7.19. The van der Waals surface area contributed by atoms with Crippen LogP contribution in [0.3, 0.4) is 0 Å². The molecule has 0 N–H and O–H groups in total. The number of benzene rings is 1. The van der Waals surface area contributed by atoms with Crippen LogP contribution in [-0.4, -0.2) is 36.6 Å². The third-order valence-electron chi connectivity index (χ3n) is 4.57. The van der Waals surface area contributed by atoms with E-state index in [0.717, 1.165) is 34.6 Å². The van der Waals surface area contributed by atoms with Gasteiger partial charge in [-0.2, -0.15) is 0 Å². The molecule has 0 atom stereocenters. The Morgan fingerprint density at radius 3 is 2.42 bits per heavy atom. The maximum absolute atomic E-state index is 12.8. The summed E-state index contributed by atoms with van der Waals surface area (Å²) in [6.07, 6.45) is 1.66. The molecule has 1 aromatic heterocycles. The van der Waals surface area contributed by atoms with Crippen molar-refractivity contribution in [1.82, 2.24) is 4.90 Å². The quantitative estimate of drug-likeness (QED) is 0.699. The fraction of sp³-hybridized carbons (Fsp3) is 0.450. The molecular weight excluding hydrogens is 398 g/mol. The summed E-state index contributed by atoms with van der Waals surface area (Å²) in [6.45, 7) is 7.56. The lowest BCUT2D eigenvalue weighted by Gasteiger charge is -2.32. The minimum absolute atomic E-state index is 0.0133. The van der Waals surface area contributed by atoms with Gasteiger partial charge in [0.05, 0.1) is 16.6 Å². The Hall–Kier alpha value is -1.95. The molecule has 0 aliphatic carbocycles. The number of hydrogen-bond donors (Lipinski definition) is 0. The van der Waals surface area contributed by atoms with Crippen molar-refractivity contribution in [3.63, 3.8) is 0 Å². The fourth-order valence-electron chi connectivity index (χ4n) is 3.24. The lowest BCUT2D eigenvalue weighted by atomic mass is 10.1. The smallest absolute Gasteiger partial charge is 0.258 e. The first-order valence-corrected chi connectivity index (χ1v) is 9.73. The zero-order valence-corrected chi connectivity index (χ0v) is 17.0. The van der Waals surface area contributed by atoms with E-state index in [4.69, 9.17) is 13.9 Å². The predicted octanol–water partition coefficient (Wildman–Crippen LogP) is 4.74. The molecule has 26 heavy (non-hydrogen) atoms.